The van der Waals surface area contributed by atoms with E-state index in [1.807, 2.05) is 6.07 Å². The fourth-order valence-corrected chi connectivity index (χ4v) is 2.69. The minimum atomic E-state index is -3.57. The van der Waals surface area contributed by atoms with Gasteiger partial charge in [-0.05, 0) is 31.4 Å². The number of rotatable bonds is 4. The van der Waals surface area contributed by atoms with Crippen LogP contribution in [0.4, 0.5) is 5.69 Å². The van der Waals surface area contributed by atoms with E-state index < -0.39 is 10.2 Å². The number of nitrogens with zero attached hydrogens (tertiary/aromatic N) is 1. The molecule has 0 radical (unpaired) electrons. The second-order valence-electron chi connectivity index (χ2n) is 4.11. The summed E-state index contributed by atoms with van der Waals surface area (Å²) < 4.78 is 28.3. The Morgan fingerprint density at radius 1 is 1.41 bits per heavy atom. The maximum atomic E-state index is 11.7. The Labute approximate surface area is 101 Å². The van der Waals surface area contributed by atoms with Crippen LogP contribution in [0, 0.1) is 18.3 Å². The Balaban J connectivity index is 2.23. The molecule has 0 atom stereocenters. The van der Waals surface area contributed by atoms with Crippen LogP contribution in [0.3, 0.4) is 0 Å². The Morgan fingerprint density at radius 3 is 2.71 bits per heavy atom. The van der Waals surface area contributed by atoms with Gasteiger partial charge in [0, 0.05) is 6.04 Å². The number of anilines is 1. The molecule has 1 aromatic rings. The molecule has 1 aliphatic carbocycles. The third kappa shape index (κ3) is 2.96. The van der Waals surface area contributed by atoms with Gasteiger partial charge in [0.2, 0.25) is 0 Å². The highest BCUT2D eigenvalue weighted by Gasteiger charge is 2.27. The first-order valence-corrected chi connectivity index (χ1v) is 6.80. The van der Waals surface area contributed by atoms with Crippen molar-refractivity contribution in [3.05, 3.63) is 29.3 Å². The Kier molecular flexibility index (Phi) is 3.05. The predicted octanol–water partition coefficient (Wildman–Crippen LogP) is 1.28. The molecule has 0 aliphatic heterocycles. The van der Waals surface area contributed by atoms with Crippen LogP contribution in [0.5, 0.6) is 0 Å². The summed E-state index contributed by atoms with van der Waals surface area (Å²) in [7, 11) is -3.57. The number of benzene rings is 1. The van der Waals surface area contributed by atoms with Crippen LogP contribution in [0.25, 0.3) is 0 Å². The molecule has 0 unspecified atom stereocenters. The van der Waals surface area contributed by atoms with Crippen LogP contribution in [0.2, 0.25) is 0 Å². The second-order valence-corrected chi connectivity index (χ2v) is 5.55. The lowest BCUT2D eigenvalue weighted by molar-refractivity contribution is 0.586. The topological polar surface area (TPSA) is 82.0 Å². The molecule has 1 fully saturated rings. The molecule has 90 valence electrons. The average molecular weight is 251 g/mol. The summed E-state index contributed by atoms with van der Waals surface area (Å²) in [6.45, 7) is 1.77. The SMILES string of the molecule is Cc1cccc(NS(=O)(=O)NC2CC2)c1C#N. The zero-order valence-electron chi connectivity index (χ0n) is 9.40. The fourth-order valence-electron chi connectivity index (χ4n) is 1.50. The number of nitrogens with one attached hydrogen (secondary N) is 2. The van der Waals surface area contributed by atoms with Crippen molar-refractivity contribution in [1.82, 2.24) is 4.72 Å². The van der Waals surface area contributed by atoms with Crippen molar-refractivity contribution in [3.63, 3.8) is 0 Å². The highest BCUT2D eigenvalue weighted by Crippen LogP contribution is 2.22. The maximum absolute atomic E-state index is 11.7. The van der Waals surface area contributed by atoms with Gasteiger partial charge >= 0.3 is 0 Å². The molecule has 2 rings (SSSR count). The van der Waals surface area contributed by atoms with Crippen molar-refractivity contribution in [1.29, 1.82) is 5.26 Å². The van der Waals surface area contributed by atoms with E-state index in [4.69, 9.17) is 5.26 Å². The van der Waals surface area contributed by atoms with Gasteiger partial charge in [0.1, 0.15) is 6.07 Å². The zero-order valence-corrected chi connectivity index (χ0v) is 10.2. The Bertz CT molecular complexity index is 571. The van der Waals surface area contributed by atoms with Gasteiger partial charge in [-0.3, -0.25) is 4.72 Å². The summed E-state index contributed by atoms with van der Waals surface area (Å²) in [6, 6.07) is 7.11. The molecule has 6 heteroatoms. The van der Waals surface area contributed by atoms with E-state index in [0.717, 1.165) is 18.4 Å². The molecule has 1 aliphatic rings. The molecule has 0 spiro atoms. The quantitative estimate of drug-likeness (QED) is 0.845. The van der Waals surface area contributed by atoms with Crippen molar-refractivity contribution in [2.75, 3.05) is 4.72 Å². The summed E-state index contributed by atoms with van der Waals surface area (Å²) >= 11 is 0. The normalized spacial score (nSPS) is 15.3. The minimum Gasteiger partial charge on any atom is -0.270 e. The summed E-state index contributed by atoms with van der Waals surface area (Å²) in [6.07, 6.45) is 1.75. The van der Waals surface area contributed by atoms with E-state index in [0.29, 0.717) is 11.3 Å². The van der Waals surface area contributed by atoms with Gasteiger partial charge in [-0.25, -0.2) is 0 Å². The lowest BCUT2D eigenvalue weighted by Gasteiger charge is -2.10. The minimum absolute atomic E-state index is 0.0443. The molecule has 0 heterocycles. The molecule has 17 heavy (non-hydrogen) atoms. The third-order valence-electron chi connectivity index (χ3n) is 2.53. The largest absolute Gasteiger partial charge is 0.299 e. The molecule has 5 nitrogen and oxygen atoms in total. The molecular formula is C11H13N3O2S. The van der Waals surface area contributed by atoms with E-state index in [-0.39, 0.29) is 6.04 Å². The monoisotopic (exact) mass is 251 g/mol. The average Bonchev–Trinajstić information content (AvgIpc) is 3.00. The van der Waals surface area contributed by atoms with E-state index >= 15 is 0 Å². The summed E-state index contributed by atoms with van der Waals surface area (Å²) in [4.78, 5) is 0. The molecule has 0 aromatic heterocycles. The molecule has 1 aromatic carbocycles. The van der Waals surface area contributed by atoms with Gasteiger partial charge in [0.05, 0.1) is 11.3 Å². The third-order valence-corrected chi connectivity index (χ3v) is 3.66. The standard InChI is InChI=1S/C11H13N3O2S/c1-8-3-2-4-11(10(8)7-12)14-17(15,16)13-9-5-6-9/h2-4,9,13-14H,5-6H2,1H3. The number of hydrogen-bond acceptors (Lipinski definition) is 3. The van der Waals surface area contributed by atoms with Gasteiger partial charge in [-0.2, -0.15) is 18.4 Å². The number of nitriles is 1. The highest BCUT2D eigenvalue weighted by molar-refractivity contribution is 7.90. The van der Waals surface area contributed by atoms with Gasteiger partial charge < -0.3 is 0 Å². The van der Waals surface area contributed by atoms with Crippen LogP contribution in [-0.2, 0) is 10.2 Å². The first-order valence-electron chi connectivity index (χ1n) is 5.31. The van der Waals surface area contributed by atoms with Gasteiger partial charge in [0.15, 0.2) is 0 Å². The predicted molar refractivity (Wildman–Crippen MR) is 64.6 cm³/mol. The zero-order chi connectivity index (χ0) is 12.5. The molecule has 0 amide bonds. The van der Waals surface area contributed by atoms with Crippen molar-refractivity contribution in [2.24, 2.45) is 0 Å². The van der Waals surface area contributed by atoms with Gasteiger partial charge in [0.25, 0.3) is 10.2 Å². The molecule has 0 bridgehead atoms. The van der Waals surface area contributed by atoms with Crippen molar-refractivity contribution in [2.45, 2.75) is 25.8 Å². The molecule has 0 saturated heterocycles. The lowest BCUT2D eigenvalue weighted by Crippen LogP contribution is -2.32. The first kappa shape index (κ1) is 11.9. The van der Waals surface area contributed by atoms with Crippen LogP contribution in [0.1, 0.15) is 24.0 Å². The molecule has 2 N–H and O–H groups in total. The number of hydrogen-bond donors (Lipinski definition) is 2. The second kappa shape index (κ2) is 4.35. The molecular weight excluding hydrogens is 238 g/mol. The van der Waals surface area contributed by atoms with Crippen LogP contribution < -0.4 is 9.44 Å². The van der Waals surface area contributed by atoms with Gasteiger partial charge in [-0.1, -0.05) is 12.1 Å². The number of aryl methyl sites for hydroxylation is 1. The lowest BCUT2D eigenvalue weighted by atomic mass is 10.1. The van der Waals surface area contributed by atoms with E-state index in [9.17, 15) is 8.42 Å². The van der Waals surface area contributed by atoms with E-state index in [1.165, 1.54) is 0 Å². The van der Waals surface area contributed by atoms with Crippen molar-refractivity contribution < 1.29 is 8.42 Å². The molecule has 1 saturated carbocycles. The highest BCUT2D eigenvalue weighted by atomic mass is 32.2. The van der Waals surface area contributed by atoms with Crippen LogP contribution in [0.15, 0.2) is 18.2 Å². The summed E-state index contributed by atoms with van der Waals surface area (Å²) in [5, 5.41) is 8.99. The van der Waals surface area contributed by atoms with E-state index in [1.54, 1.807) is 25.1 Å². The Hall–Kier alpha value is -1.58. The summed E-state index contributed by atoms with van der Waals surface area (Å²) in [5.74, 6) is 0. The van der Waals surface area contributed by atoms with Crippen LogP contribution in [-0.4, -0.2) is 14.5 Å². The van der Waals surface area contributed by atoms with Crippen molar-refractivity contribution in [3.8, 4) is 6.07 Å². The summed E-state index contributed by atoms with van der Waals surface area (Å²) in [5.41, 5.74) is 1.42. The van der Waals surface area contributed by atoms with Crippen molar-refractivity contribution >= 4 is 15.9 Å². The first-order chi connectivity index (χ1) is 8.02. The fraction of sp³-hybridized carbons (Fsp3) is 0.364. The smallest absolute Gasteiger partial charge is 0.270 e. The maximum Gasteiger partial charge on any atom is 0.299 e. The van der Waals surface area contributed by atoms with E-state index in [2.05, 4.69) is 9.44 Å². The van der Waals surface area contributed by atoms with Gasteiger partial charge in [-0.15, -0.1) is 0 Å². The van der Waals surface area contributed by atoms with Crippen LogP contribution >= 0.6 is 0 Å². The Morgan fingerprint density at radius 2 is 2.12 bits per heavy atom.